The molecule has 0 aliphatic carbocycles. The Morgan fingerprint density at radius 2 is 1.50 bits per heavy atom. The maximum Gasteiger partial charge on any atom is 0.448 e. The number of hydrogen-bond donors (Lipinski definition) is 1. The molecular weight excluding hydrogens is 216 g/mol. The summed E-state index contributed by atoms with van der Waals surface area (Å²) < 4.78 is 64.8. The fourth-order valence-corrected chi connectivity index (χ4v) is 0.107. The van der Waals surface area contributed by atoms with Gasteiger partial charge in [-0.25, -0.2) is 0 Å². The zero-order chi connectivity index (χ0) is 11.9. The van der Waals surface area contributed by atoms with Crippen molar-refractivity contribution in [3.63, 3.8) is 0 Å². The average Bonchev–Trinajstić information content (AvgIpc) is 2.02. The number of primary amides is 1. The van der Waals surface area contributed by atoms with Crippen LogP contribution in [0, 0.1) is 0 Å². The smallest absolute Gasteiger partial charge is 0.366 e. The molecule has 0 saturated carbocycles. The van der Waals surface area contributed by atoms with Crippen LogP contribution in [0.25, 0.3) is 0 Å². The number of allylic oxidation sites excluding steroid dienone is 1. The van der Waals surface area contributed by atoms with Gasteiger partial charge in [-0.2, -0.15) is 26.3 Å². The predicted octanol–water partition coefficient (Wildman–Crippen LogP) is 2.28. The minimum atomic E-state index is -5.56. The highest BCUT2D eigenvalue weighted by Crippen LogP contribution is 2.29. The summed E-state index contributed by atoms with van der Waals surface area (Å²) in [7, 11) is 0. The molecular formula is C6H5F6NO. The minimum absolute atomic E-state index is 0.481. The molecule has 0 aliphatic heterocycles. The summed E-state index contributed by atoms with van der Waals surface area (Å²) in [5.74, 6) is -3.81. The number of nitrogens with two attached hydrogens (primary N) is 1. The van der Waals surface area contributed by atoms with Gasteiger partial charge in [-0.15, -0.1) is 0 Å². The second-order valence-corrected chi connectivity index (χ2v) is 1.68. The quantitative estimate of drug-likeness (QED) is 0.535. The summed E-state index contributed by atoms with van der Waals surface area (Å²) in [6, 6.07) is 0. The Morgan fingerprint density at radius 1 is 1.21 bits per heavy atom. The molecule has 0 aromatic rings. The average molecular weight is 221 g/mol. The van der Waals surface area contributed by atoms with Crippen molar-refractivity contribution in [1.82, 2.24) is 0 Å². The third kappa shape index (κ3) is 8.62. The van der Waals surface area contributed by atoms with Crippen molar-refractivity contribution < 1.29 is 31.1 Å². The predicted molar refractivity (Wildman–Crippen MR) is 35.8 cm³/mol. The lowest BCUT2D eigenvalue weighted by atomic mass is 10.6. The van der Waals surface area contributed by atoms with Crippen molar-refractivity contribution in [3.05, 3.63) is 24.6 Å². The highest BCUT2D eigenvalue weighted by molar-refractivity contribution is 5.84. The van der Waals surface area contributed by atoms with Crippen LogP contribution in [0.3, 0.4) is 0 Å². The van der Waals surface area contributed by atoms with Gasteiger partial charge in [0.1, 0.15) is 0 Å². The topological polar surface area (TPSA) is 43.1 Å². The largest absolute Gasteiger partial charge is 0.448 e. The zero-order valence-electron chi connectivity index (χ0n) is 6.54. The summed E-state index contributed by atoms with van der Waals surface area (Å²) in [4.78, 5) is 9.47. The molecule has 0 heterocycles. The van der Waals surface area contributed by atoms with Gasteiger partial charge in [0.15, 0.2) is 0 Å². The second-order valence-electron chi connectivity index (χ2n) is 1.68. The van der Waals surface area contributed by atoms with Crippen LogP contribution in [0.15, 0.2) is 24.6 Å². The van der Waals surface area contributed by atoms with Crippen LogP contribution in [-0.4, -0.2) is 12.1 Å². The van der Waals surface area contributed by atoms with Gasteiger partial charge in [0.2, 0.25) is 5.91 Å². The van der Waals surface area contributed by atoms with E-state index in [1.807, 2.05) is 0 Å². The SMILES string of the molecule is C=CC(N)=O.FC(F)=C(F)C(F)(F)F. The molecule has 0 rings (SSSR count). The van der Waals surface area contributed by atoms with Gasteiger partial charge in [0, 0.05) is 0 Å². The summed E-state index contributed by atoms with van der Waals surface area (Å²) in [5.41, 5.74) is 4.53. The van der Waals surface area contributed by atoms with Gasteiger partial charge in [-0.05, 0) is 6.08 Å². The molecule has 14 heavy (non-hydrogen) atoms. The van der Waals surface area contributed by atoms with Crippen LogP contribution in [-0.2, 0) is 4.79 Å². The van der Waals surface area contributed by atoms with Crippen LogP contribution >= 0.6 is 0 Å². The third-order valence-corrected chi connectivity index (χ3v) is 0.616. The van der Waals surface area contributed by atoms with Gasteiger partial charge in [-0.3, -0.25) is 4.79 Å². The molecule has 0 unspecified atom stereocenters. The van der Waals surface area contributed by atoms with E-state index in [2.05, 4.69) is 12.3 Å². The maximum absolute atomic E-state index is 11.0. The molecule has 0 spiro atoms. The molecule has 0 atom stereocenters. The minimum Gasteiger partial charge on any atom is -0.366 e. The van der Waals surface area contributed by atoms with Gasteiger partial charge in [0.25, 0.3) is 5.83 Å². The lowest BCUT2D eigenvalue weighted by Gasteiger charge is -1.98. The number of amides is 1. The van der Waals surface area contributed by atoms with E-state index in [0.717, 1.165) is 6.08 Å². The van der Waals surface area contributed by atoms with Crippen molar-refractivity contribution in [3.8, 4) is 0 Å². The van der Waals surface area contributed by atoms with E-state index in [1.54, 1.807) is 0 Å². The van der Waals surface area contributed by atoms with Crippen molar-refractivity contribution in [2.75, 3.05) is 0 Å². The number of carbonyl (C=O) groups is 1. The molecule has 0 fully saturated rings. The molecule has 0 aliphatic rings. The zero-order valence-corrected chi connectivity index (χ0v) is 6.54. The van der Waals surface area contributed by atoms with Gasteiger partial charge in [0.05, 0.1) is 0 Å². The van der Waals surface area contributed by atoms with Crippen LogP contribution in [0.1, 0.15) is 0 Å². The second kappa shape index (κ2) is 6.06. The Labute approximate surface area is 74.7 Å². The fourth-order valence-electron chi connectivity index (χ4n) is 0.107. The Hall–Kier alpha value is -1.47. The van der Waals surface area contributed by atoms with E-state index >= 15 is 0 Å². The molecule has 0 radical (unpaired) electrons. The number of carbonyl (C=O) groups excluding carboxylic acids is 1. The highest BCUT2D eigenvalue weighted by Gasteiger charge is 2.38. The van der Waals surface area contributed by atoms with E-state index in [0.29, 0.717) is 0 Å². The van der Waals surface area contributed by atoms with Gasteiger partial charge < -0.3 is 5.73 Å². The molecule has 0 aromatic heterocycles. The molecule has 82 valence electrons. The normalized spacial score (nSPS) is 9.57. The number of hydrogen-bond acceptors (Lipinski definition) is 1. The molecule has 2 N–H and O–H groups in total. The van der Waals surface area contributed by atoms with Crippen molar-refractivity contribution in [2.45, 2.75) is 6.18 Å². The molecule has 0 bridgehead atoms. The van der Waals surface area contributed by atoms with Crippen LogP contribution in [0.2, 0.25) is 0 Å². The van der Waals surface area contributed by atoms with E-state index < -0.39 is 24.0 Å². The molecule has 0 saturated heterocycles. The summed E-state index contributed by atoms with van der Waals surface area (Å²) in [5, 5.41) is 0. The van der Waals surface area contributed by atoms with Crippen LogP contribution in [0.4, 0.5) is 26.3 Å². The van der Waals surface area contributed by atoms with Crippen LogP contribution in [0.5, 0.6) is 0 Å². The molecule has 2 nitrogen and oxygen atoms in total. The molecule has 8 heteroatoms. The fraction of sp³-hybridized carbons (Fsp3) is 0.167. The summed E-state index contributed by atoms with van der Waals surface area (Å²) in [6.45, 7) is 3.09. The van der Waals surface area contributed by atoms with Gasteiger partial charge >= 0.3 is 12.3 Å². The van der Waals surface area contributed by atoms with Crippen molar-refractivity contribution >= 4 is 5.91 Å². The molecule has 0 aromatic carbocycles. The first-order valence-electron chi connectivity index (χ1n) is 2.82. The first-order chi connectivity index (χ1) is 6.12. The van der Waals surface area contributed by atoms with Crippen molar-refractivity contribution in [2.24, 2.45) is 5.73 Å². The summed E-state index contributed by atoms with van der Waals surface area (Å²) >= 11 is 0. The Kier molecular flexibility index (Phi) is 6.50. The first kappa shape index (κ1) is 15.0. The lowest BCUT2D eigenvalue weighted by Crippen LogP contribution is -2.08. The van der Waals surface area contributed by atoms with Crippen LogP contribution < -0.4 is 5.73 Å². The van der Waals surface area contributed by atoms with E-state index in [9.17, 15) is 31.1 Å². The van der Waals surface area contributed by atoms with E-state index in [1.165, 1.54) is 0 Å². The first-order valence-corrected chi connectivity index (χ1v) is 2.82. The molecule has 1 amide bonds. The Bertz CT molecular complexity index is 239. The van der Waals surface area contributed by atoms with E-state index in [4.69, 9.17) is 0 Å². The maximum atomic E-state index is 11.0. The summed E-state index contributed by atoms with van der Waals surface area (Å²) in [6.07, 6.45) is -7.85. The monoisotopic (exact) mass is 221 g/mol. The highest BCUT2D eigenvalue weighted by atomic mass is 19.4. The van der Waals surface area contributed by atoms with Gasteiger partial charge in [-0.1, -0.05) is 6.58 Å². The standard InChI is InChI=1S/C3F6.C3H5NO/c4-1(2(5)6)3(7,8)9;1-2-3(4)5/h;2H,1H2,(H2,4,5). The lowest BCUT2D eigenvalue weighted by molar-refractivity contribution is -0.114. The number of alkyl halides is 3. The Balaban J connectivity index is 0. The third-order valence-electron chi connectivity index (χ3n) is 0.616. The van der Waals surface area contributed by atoms with Crippen molar-refractivity contribution in [1.29, 1.82) is 0 Å². The Morgan fingerprint density at radius 3 is 1.50 bits per heavy atom. The number of halogens is 6. The van der Waals surface area contributed by atoms with E-state index in [-0.39, 0.29) is 0 Å². The number of rotatable bonds is 1.